The van der Waals surface area contributed by atoms with Crippen LogP contribution in [0.4, 0.5) is 5.69 Å². The van der Waals surface area contributed by atoms with E-state index in [2.05, 4.69) is 63.2 Å². The van der Waals surface area contributed by atoms with Gasteiger partial charge >= 0.3 is 0 Å². The van der Waals surface area contributed by atoms with Crippen LogP contribution in [0.2, 0.25) is 0 Å². The van der Waals surface area contributed by atoms with Crippen LogP contribution in [0.15, 0.2) is 22.7 Å². The highest BCUT2D eigenvalue weighted by Gasteiger charge is 2.15. The lowest BCUT2D eigenvalue weighted by Gasteiger charge is -2.26. The van der Waals surface area contributed by atoms with E-state index >= 15 is 0 Å². The van der Waals surface area contributed by atoms with Crippen LogP contribution in [0.1, 0.15) is 25.3 Å². The molecule has 0 atom stereocenters. The van der Waals surface area contributed by atoms with E-state index in [1.165, 1.54) is 35.1 Å². The van der Waals surface area contributed by atoms with Crippen molar-refractivity contribution in [1.29, 1.82) is 0 Å². The monoisotopic (exact) mass is 339 g/mol. The topological polar surface area (TPSA) is 18.5 Å². The second kappa shape index (κ2) is 8.01. The highest BCUT2D eigenvalue weighted by Crippen LogP contribution is 2.26. The van der Waals surface area contributed by atoms with Gasteiger partial charge < -0.3 is 15.1 Å². The first-order chi connectivity index (χ1) is 9.70. The maximum Gasteiger partial charge on any atom is 0.0423 e. The lowest BCUT2D eigenvalue weighted by Crippen LogP contribution is -2.30. The summed E-state index contributed by atoms with van der Waals surface area (Å²) in [6.45, 7) is 8.87. The number of anilines is 1. The molecule has 1 N–H and O–H groups in total. The number of benzene rings is 1. The largest absolute Gasteiger partial charge is 0.370 e. The molecular formula is C16H26BrN3. The Labute approximate surface area is 131 Å². The van der Waals surface area contributed by atoms with E-state index in [1.807, 2.05) is 0 Å². The molecule has 112 valence electrons. The third-order valence-corrected chi connectivity index (χ3v) is 4.34. The minimum atomic E-state index is 0.961. The van der Waals surface area contributed by atoms with Crippen molar-refractivity contribution in [3.05, 3.63) is 28.2 Å². The minimum Gasteiger partial charge on any atom is -0.370 e. The van der Waals surface area contributed by atoms with Crippen LogP contribution in [0.5, 0.6) is 0 Å². The number of likely N-dealkylation sites (N-methyl/N-ethyl adjacent to an activating group) is 1. The van der Waals surface area contributed by atoms with Gasteiger partial charge in [-0.25, -0.2) is 0 Å². The summed E-state index contributed by atoms with van der Waals surface area (Å²) in [5, 5.41) is 3.52. The number of nitrogens with one attached hydrogen (secondary N) is 1. The Kier molecular flexibility index (Phi) is 6.33. The van der Waals surface area contributed by atoms with Crippen molar-refractivity contribution in [1.82, 2.24) is 10.2 Å². The number of hydrogen-bond acceptors (Lipinski definition) is 3. The van der Waals surface area contributed by atoms with Gasteiger partial charge in [-0.1, -0.05) is 28.9 Å². The Morgan fingerprint density at radius 1 is 1.20 bits per heavy atom. The van der Waals surface area contributed by atoms with E-state index < -0.39 is 0 Å². The lowest BCUT2D eigenvalue weighted by molar-refractivity contribution is 0.360. The zero-order valence-electron chi connectivity index (χ0n) is 12.7. The van der Waals surface area contributed by atoms with E-state index in [0.29, 0.717) is 0 Å². The van der Waals surface area contributed by atoms with Crippen molar-refractivity contribution >= 4 is 21.6 Å². The molecule has 0 aromatic heterocycles. The van der Waals surface area contributed by atoms with Gasteiger partial charge in [0.05, 0.1) is 0 Å². The Morgan fingerprint density at radius 2 is 2.05 bits per heavy atom. The molecule has 2 rings (SSSR count). The molecule has 1 aliphatic rings. The van der Waals surface area contributed by atoms with Gasteiger partial charge in [0.1, 0.15) is 0 Å². The number of rotatable bonds is 5. The maximum absolute atomic E-state index is 3.62. The zero-order chi connectivity index (χ0) is 14.4. The summed E-state index contributed by atoms with van der Waals surface area (Å²) >= 11 is 3.62. The Balaban J connectivity index is 2.13. The standard InChI is InChI=1S/C16H26BrN3/c1-3-7-18-13-14-5-6-15(17)12-16(14)20-9-4-8-19(2)10-11-20/h5-6,12,18H,3-4,7-11,13H2,1-2H3. The third-order valence-electron chi connectivity index (χ3n) is 3.85. The van der Waals surface area contributed by atoms with E-state index in [4.69, 9.17) is 0 Å². The summed E-state index contributed by atoms with van der Waals surface area (Å²) in [5.41, 5.74) is 2.80. The molecule has 0 aliphatic carbocycles. The second-order valence-corrected chi connectivity index (χ2v) is 6.51. The summed E-state index contributed by atoms with van der Waals surface area (Å²) < 4.78 is 1.17. The van der Waals surface area contributed by atoms with Gasteiger partial charge in [0.15, 0.2) is 0 Å². The van der Waals surface area contributed by atoms with Crippen LogP contribution >= 0.6 is 15.9 Å². The third kappa shape index (κ3) is 4.47. The van der Waals surface area contributed by atoms with Crippen LogP contribution in [-0.2, 0) is 6.54 Å². The molecule has 0 amide bonds. The summed E-state index contributed by atoms with van der Waals surface area (Å²) in [7, 11) is 2.22. The van der Waals surface area contributed by atoms with Gasteiger partial charge in [-0.3, -0.25) is 0 Å². The first-order valence-corrected chi connectivity index (χ1v) is 8.42. The molecule has 1 aromatic carbocycles. The zero-order valence-corrected chi connectivity index (χ0v) is 14.2. The summed E-state index contributed by atoms with van der Waals surface area (Å²) in [6.07, 6.45) is 2.42. The van der Waals surface area contributed by atoms with E-state index in [0.717, 1.165) is 32.7 Å². The summed E-state index contributed by atoms with van der Waals surface area (Å²) in [6, 6.07) is 6.67. The van der Waals surface area contributed by atoms with Crippen LogP contribution in [0.3, 0.4) is 0 Å². The molecule has 0 saturated carbocycles. The molecule has 4 heteroatoms. The van der Waals surface area contributed by atoms with Crippen molar-refractivity contribution in [2.75, 3.05) is 44.7 Å². The molecule has 1 aliphatic heterocycles. The normalized spacial score (nSPS) is 17.2. The molecule has 0 radical (unpaired) electrons. The average molecular weight is 340 g/mol. The van der Waals surface area contributed by atoms with Crippen molar-refractivity contribution in [3.8, 4) is 0 Å². The molecule has 0 spiro atoms. The average Bonchev–Trinajstić information content (AvgIpc) is 2.65. The van der Waals surface area contributed by atoms with Gasteiger partial charge in [-0.15, -0.1) is 0 Å². The molecule has 1 fully saturated rings. The fraction of sp³-hybridized carbons (Fsp3) is 0.625. The maximum atomic E-state index is 3.62. The number of hydrogen-bond donors (Lipinski definition) is 1. The first kappa shape index (κ1) is 15.8. The fourth-order valence-corrected chi connectivity index (χ4v) is 3.02. The molecule has 1 saturated heterocycles. The number of nitrogens with zero attached hydrogens (tertiary/aromatic N) is 2. The SMILES string of the molecule is CCCNCc1ccc(Br)cc1N1CCCN(C)CC1. The first-order valence-electron chi connectivity index (χ1n) is 7.63. The van der Waals surface area contributed by atoms with Gasteiger partial charge in [0.25, 0.3) is 0 Å². The second-order valence-electron chi connectivity index (χ2n) is 5.59. The summed E-state index contributed by atoms with van der Waals surface area (Å²) in [5.74, 6) is 0. The predicted octanol–water partition coefficient (Wildman–Crippen LogP) is 3.09. The van der Waals surface area contributed by atoms with Gasteiger partial charge in [0, 0.05) is 36.3 Å². The van der Waals surface area contributed by atoms with Crippen molar-refractivity contribution in [2.24, 2.45) is 0 Å². The van der Waals surface area contributed by atoms with Crippen LogP contribution in [-0.4, -0.2) is 44.7 Å². The Morgan fingerprint density at radius 3 is 2.85 bits per heavy atom. The van der Waals surface area contributed by atoms with Gasteiger partial charge in [-0.2, -0.15) is 0 Å². The fourth-order valence-electron chi connectivity index (χ4n) is 2.67. The highest BCUT2D eigenvalue weighted by atomic mass is 79.9. The van der Waals surface area contributed by atoms with E-state index in [-0.39, 0.29) is 0 Å². The molecule has 1 aromatic rings. The lowest BCUT2D eigenvalue weighted by atomic mass is 10.1. The van der Waals surface area contributed by atoms with E-state index in [1.54, 1.807) is 0 Å². The minimum absolute atomic E-state index is 0.961. The van der Waals surface area contributed by atoms with Gasteiger partial charge in [0.2, 0.25) is 0 Å². The molecule has 0 bridgehead atoms. The smallest absolute Gasteiger partial charge is 0.0423 e. The highest BCUT2D eigenvalue weighted by molar-refractivity contribution is 9.10. The van der Waals surface area contributed by atoms with Crippen LogP contribution in [0, 0.1) is 0 Å². The van der Waals surface area contributed by atoms with Crippen LogP contribution in [0.25, 0.3) is 0 Å². The number of halogens is 1. The molecule has 3 nitrogen and oxygen atoms in total. The summed E-state index contributed by atoms with van der Waals surface area (Å²) in [4.78, 5) is 4.96. The molecule has 1 heterocycles. The van der Waals surface area contributed by atoms with Crippen LogP contribution < -0.4 is 10.2 Å². The van der Waals surface area contributed by atoms with Crippen molar-refractivity contribution in [2.45, 2.75) is 26.3 Å². The molecule has 0 unspecified atom stereocenters. The quantitative estimate of drug-likeness (QED) is 0.831. The predicted molar refractivity (Wildman–Crippen MR) is 90.5 cm³/mol. The van der Waals surface area contributed by atoms with Gasteiger partial charge in [-0.05, 0) is 50.7 Å². The Hall–Kier alpha value is -0.580. The Bertz CT molecular complexity index is 422. The van der Waals surface area contributed by atoms with Crippen molar-refractivity contribution < 1.29 is 0 Å². The molecule has 20 heavy (non-hydrogen) atoms. The molecular weight excluding hydrogens is 314 g/mol. The van der Waals surface area contributed by atoms with E-state index in [9.17, 15) is 0 Å². The van der Waals surface area contributed by atoms with Crippen molar-refractivity contribution in [3.63, 3.8) is 0 Å².